The Kier molecular flexibility index (Phi) is 4.42. The fourth-order valence-corrected chi connectivity index (χ4v) is 3.52. The van der Waals surface area contributed by atoms with Gasteiger partial charge in [0, 0.05) is 34.1 Å². The Balaban J connectivity index is 1.82. The molecule has 0 aliphatic rings. The number of amides is 1. The Bertz CT molecular complexity index is 934. The van der Waals surface area contributed by atoms with E-state index in [0.717, 1.165) is 22.3 Å². The lowest BCUT2D eigenvalue weighted by Crippen LogP contribution is -2.37. The number of hydrogen-bond donors (Lipinski definition) is 2. The molecule has 2 aromatic carbocycles. The van der Waals surface area contributed by atoms with E-state index in [1.165, 1.54) is 16.5 Å². The van der Waals surface area contributed by atoms with Gasteiger partial charge >= 0.3 is 0 Å². The summed E-state index contributed by atoms with van der Waals surface area (Å²) in [6.07, 6.45) is 0. The van der Waals surface area contributed by atoms with Crippen molar-refractivity contribution in [2.24, 2.45) is 0 Å². The Morgan fingerprint density at radius 3 is 2.48 bits per heavy atom. The molecule has 0 aliphatic carbocycles. The van der Waals surface area contributed by atoms with Gasteiger partial charge in [-0.2, -0.15) is 0 Å². The molecule has 1 amide bonds. The molecule has 130 valence electrons. The zero-order valence-electron chi connectivity index (χ0n) is 15.7. The lowest BCUT2D eigenvalue weighted by atomic mass is 9.82. The summed E-state index contributed by atoms with van der Waals surface area (Å²) in [5.74, 6) is -0.0198. The van der Waals surface area contributed by atoms with E-state index < -0.39 is 0 Å². The molecular weight excluding hydrogens is 308 g/mol. The number of rotatable bonds is 4. The highest BCUT2D eigenvalue weighted by molar-refractivity contribution is 5.94. The van der Waals surface area contributed by atoms with Crippen LogP contribution >= 0.6 is 0 Å². The van der Waals surface area contributed by atoms with Crippen LogP contribution in [0, 0.1) is 20.8 Å². The highest BCUT2D eigenvalue weighted by atomic mass is 16.1. The van der Waals surface area contributed by atoms with Gasteiger partial charge < -0.3 is 10.3 Å². The second-order valence-electron chi connectivity index (χ2n) is 7.54. The largest absolute Gasteiger partial charge is 0.358 e. The Morgan fingerprint density at radius 1 is 1.04 bits per heavy atom. The average Bonchev–Trinajstić information content (AvgIpc) is 2.91. The van der Waals surface area contributed by atoms with Crippen LogP contribution in [0.25, 0.3) is 10.9 Å². The molecule has 3 heteroatoms. The third kappa shape index (κ3) is 3.32. The standard InChI is InChI=1S/C22H26N2O/c1-14-10-11-17(12-15(14)2)21(25)23-13-22(4,5)20-16(3)24-19-9-7-6-8-18(19)20/h6-12,24H,13H2,1-5H3,(H,23,25). The molecule has 0 spiro atoms. The van der Waals surface area contributed by atoms with Gasteiger partial charge in [-0.05, 0) is 55.7 Å². The monoisotopic (exact) mass is 334 g/mol. The van der Waals surface area contributed by atoms with E-state index in [2.05, 4.69) is 56.2 Å². The maximum absolute atomic E-state index is 12.6. The smallest absolute Gasteiger partial charge is 0.251 e. The number of carbonyl (C=O) groups is 1. The lowest BCUT2D eigenvalue weighted by molar-refractivity contribution is 0.0945. The van der Waals surface area contributed by atoms with E-state index in [-0.39, 0.29) is 11.3 Å². The van der Waals surface area contributed by atoms with Crippen molar-refractivity contribution in [1.29, 1.82) is 0 Å². The van der Waals surface area contributed by atoms with Crippen LogP contribution in [0.1, 0.15) is 46.6 Å². The Hall–Kier alpha value is -2.55. The molecule has 0 atom stereocenters. The van der Waals surface area contributed by atoms with Crippen molar-refractivity contribution in [1.82, 2.24) is 10.3 Å². The Morgan fingerprint density at radius 2 is 1.76 bits per heavy atom. The molecule has 0 saturated heterocycles. The number of aromatic amines is 1. The van der Waals surface area contributed by atoms with Crippen molar-refractivity contribution in [3.63, 3.8) is 0 Å². The van der Waals surface area contributed by atoms with Crippen molar-refractivity contribution < 1.29 is 4.79 Å². The second-order valence-corrected chi connectivity index (χ2v) is 7.54. The third-order valence-electron chi connectivity index (χ3n) is 5.03. The van der Waals surface area contributed by atoms with Crippen molar-refractivity contribution in [3.8, 4) is 0 Å². The van der Waals surface area contributed by atoms with Gasteiger partial charge in [-0.1, -0.05) is 38.1 Å². The number of H-pyrrole nitrogens is 1. The van der Waals surface area contributed by atoms with Crippen LogP contribution in [0.15, 0.2) is 42.5 Å². The summed E-state index contributed by atoms with van der Waals surface area (Å²) in [5, 5.41) is 4.34. The minimum Gasteiger partial charge on any atom is -0.358 e. The number of aromatic nitrogens is 1. The lowest BCUT2D eigenvalue weighted by Gasteiger charge is -2.26. The van der Waals surface area contributed by atoms with E-state index in [0.29, 0.717) is 6.54 Å². The summed E-state index contributed by atoms with van der Waals surface area (Å²) in [6.45, 7) is 11.1. The van der Waals surface area contributed by atoms with Crippen LogP contribution in [0.3, 0.4) is 0 Å². The summed E-state index contributed by atoms with van der Waals surface area (Å²) >= 11 is 0. The van der Waals surface area contributed by atoms with Gasteiger partial charge in [0.15, 0.2) is 0 Å². The van der Waals surface area contributed by atoms with Gasteiger partial charge in [0.2, 0.25) is 0 Å². The van der Waals surface area contributed by atoms with E-state index in [1.54, 1.807) is 0 Å². The molecule has 1 heterocycles. The SMILES string of the molecule is Cc1ccc(C(=O)NCC(C)(C)c2c(C)[nH]c3ccccc23)cc1C. The molecule has 0 bridgehead atoms. The Labute approximate surface area is 149 Å². The highest BCUT2D eigenvalue weighted by Gasteiger charge is 2.27. The van der Waals surface area contributed by atoms with Crippen LogP contribution in [0.2, 0.25) is 0 Å². The number of carbonyl (C=O) groups excluding carboxylic acids is 1. The molecule has 0 radical (unpaired) electrons. The molecule has 0 aliphatic heterocycles. The van der Waals surface area contributed by atoms with E-state index >= 15 is 0 Å². The summed E-state index contributed by atoms with van der Waals surface area (Å²) in [7, 11) is 0. The summed E-state index contributed by atoms with van der Waals surface area (Å²) in [4.78, 5) is 16.0. The molecule has 3 rings (SSSR count). The topological polar surface area (TPSA) is 44.9 Å². The zero-order valence-corrected chi connectivity index (χ0v) is 15.7. The molecule has 1 aromatic heterocycles. The number of aryl methyl sites for hydroxylation is 3. The van der Waals surface area contributed by atoms with E-state index in [1.807, 2.05) is 31.2 Å². The maximum Gasteiger partial charge on any atom is 0.251 e. The molecule has 3 nitrogen and oxygen atoms in total. The number of para-hydroxylation sites is 1. The normalized spacial score (nSPS) is 11.7. The first-order chi connectivity index (χ1) is 11.8. The van der Waals surface area contributed by atoms with Gasteiger partial charge in [-0.15, -0.1) is 0 Å². The maximum atomic E-state index is 12.6. The van der Waals surface area contributed by atoms with Gasteiger partial charge in [0.25, 0.3) is 5.91 Å². The second kappa shape index (κ2) is 6.40. The van der Waals surface area contributed by atoms with Crippen molar-refractivity contribution in [3.05, 3.63) is 70.4 Å². The predicted molar refractivity (Wildman–Crippen MR) is 104 cm³/mol. The first kappa shape index (κ1) is 17.3. The van der Waals surface area contributed by atoms with E-state index in [9.17, 15) is 4.79 Å². The molecule has 2 N–H and O–H groups in total. The number of hydrogen-bond acceptors (Lipinski definition) is 1. The fraction of sp³-hybridized carbons (Fsp3) is 0.318. The van der Waals surface area contributed by atoms with E-state index in [4.69, 9.17) is 0 Å². The third-order valence-corrected chi connectivity index (χ3v) is 5.03. The number of benzene rings is 2. The molecule has 3 aromatic rings. The summed E-state index contributed by atoms with van der Waals surface area (Å²) in [5.41, 5.74) is 6.46. The first-order valence-electron chi connectivity index (χ1n) is 8.73. The minimum absolute atomic E-state index is 0.0198. The average molecular weight is 334 g/mol. The summed E-state index contributed by atoms with van der Waals surface area (Å²) < 4.78 is 0. The van der Waals surface area contributed by atoms with Crippen LogP contribution in [-0.4, -0.2) is 17.4 Å². The minimum atomic E-state index is -0.168. The number of fused-ring (bicyclic) bond motifs is 1. The van der Waals surface area contributed by atoms with Gasteiger partial charge in [0.1, 0.15) is 0 Å². The van der Waals surface area contributed by atoms with Crippen molar-refractivity contribution in [2.75, 3.05) is 6.54 Å². The van der Waals surface area contributed by atoms with Gasteiger partial charge in [-0.3, -0.25) is 4.79 Å². The van der Waals surface area contributed by atoms with Crippen molar-refractivity contribution in [2.45, 2.75) is 40.0 Å². The molecule has 25 heavy (non-hydrogen) atoms. The quantitative estimate of drug-likeness (QED) is 0.707. The van der Waals surface area contributed by atoms with Gasteiger partial charge in [0.05, 0.1) is 0 Å². The molecular formula is C22H26N2O. The van der Waals surface area contributed by atoms with Crippen LogP contribution in [0.5, 0.6) is 0 Å². The van der Waals surface area contributed by atoms with Gasteiger partial charge in [-0.25, -0.2) is 0 Å². The van der Waals surface area contributed by atoms with Crippen LogP contribution < -0.4 is 5.32 Å². The molecule has 0 fully saturated rings. The zero-order chi connectivity index (χ0) is 18.2. The highest BCUT2D eigenvalue weighted by Crippen LogP contribution is 2.33. The molecule has 0 unspecified atom stereocenters. The summed E-state index contributed by atoms with van der Waals surface area (Å²) in [6, 6.07) is 14.2. The predicted octanol–water partition coefficient (Wildman–Crippen LogP) is 4.80. The molecule has 0 saturated carbocycles. The first-order valence-corrected chi connectivity index (χ1v) is 8.73. The van der Waals surface area contributed by atoms with Crippen LogP contribution in [0.4, 0.5) is 0 Å². The fourth-order valence-electron chi connectivity index (χ4n) is 3.52. The van der Waals surface area contributed by atoms with Crippen molar-refractivity contribution >= 4 is 16.8 Å². The number of nitrogens with one attached hydrogen (secondary N) is 2. The van der Waals surface area contributed by atoms with Crippen LogP contribution in [-0.2, 0) is 5.41 Å².